The lowest BCUT2D eigenvalue weighted by Gasteiger charge is -2.20. The summed E-state index contributed by atoms with van der Waals surface area (Å²) in [5.74, 6) is 0.688. The predicted octanol–water partition coefficient (Wildman–Crippen LogP) is 2.61. The molecule has 1 N–H and O–H groups in total. The molecule has 34 heavy (non-hydrogen) atoms. The fraction of sp³-hybridized carbons (Fsp3) is 0.320. The molecule has 9 nitrogen and oxygen atoms in total. The quantitative estimate of drug-likeness (QED) is 0.523. The van der Waals surface area contributed by atoms with E-state index in [1.807, 2.05) is 36.5 Å². The summed E-state index contributed by atoms with van der Waals surface area (Å²) in [4.78, 5) is 27.0. The van der Waals surface area contributed by atoms with E-state index in [1.165, 1.54) is 21.3 Å². The van der Waals surface area contributed by atoms with Crippen molar-refractivity contribution in [1.82, 2.24) is 15.1 Å². The zero-order valence-corrected chi connectivity index (χ0v) is 19.5. The molecule has 2 aromatic carbocycles. The summed E-state index contributed by atoms with van der Waals surface area (Å²) in [5, 5.41) is 7.18. The van der Waals surface area contributed by atoms with Crippen molar-refractivity contribution in [2.45, 2.75) is 12.8 Å². The number of carbonyl (C=O) groups excluding carboxylic acids is 2. The van der Waals surface area contributed by atoms with E-state index in [4.69, 9.17) is 14.2 Å². The van der Waals surface area contributed by atoms with Crippen LogP contribution in [0.5, 0.6) is 17.2 Å². The van der Waals surface area contributed by atoms with Gasteiger partial charge in [0, 0.05) is 44.0 Å². The van der Waals surface area contributed by atoms with Gasteiger partial charge in [-0.2, -0.15) is 5.10 Å². The molecule has 2 heterocycles. The number of carbonyl (C=O) groups is 2. The number of methoxy groups -OCH3 is 3. The number of rotatable bonds is 9. The lowest BCUT2D eigenvalue weighted by molar-refractivity contribution is -0.126. The van der Waals surface area contributed by atoms with Crippen LogP contribution in [0.3, 0.4) is 0 Å². The first-order chi connectivity index (χ1) is 16.5. The van der Waals surface area contributed by atoms with Crippen LogP contribution in [0.4, 0.5) is 5.69 Å². The molecule has 1 aliphatic rings. The maximum absolute atomic E-state index is 12.7. The highest BCUT2D eigenvalue weighted by Crippen LogP contribution is 2.42. The molecule has 2 amide bonds. The molecule has 1 unspecified atom stereocenters. The number of aromatic nitrogens is 2. The molecule has 0 radical (unpaired) electrons. The summed E-state index contributed by atoms with van der Waals surface area (Å²) < 4.78 is 17.9. The van der Waals surface area contributed by atoms with E-state index in [0.29, 0.717) is 42.4 Å². The normalized spacial score (nSPS) is 15.3. The van der Waals surface area contributed by atoms with Crippen LogP contribution in [0.25, 0.3) is 5.69 Å². The topological polar surface area (TPSA) is 94.9 Å². The number of nitrogens with zero attached hydrogens (tertiary/aromatic N) is 3. The van der Waals surface area contributed by atoms with Crippen LogP contribution >= 0.6 is 0 Å². The molecular weight excluding hydrogens is 436 g/mol. The van der Waals surface area contributed by atoms with Gasteiger partial charge in [0.25, 0.3) is 0 Å². The van der Waals surface area contributed by atoms with Crippen molar-refractivity contribution in [3.8, 4) is 22.9 Å². The van der Waals surface area contributed by atoms with Gasteiger partial charge in [0.05, 0.1) is 38.6 Å². The molecule has 0 saturated carbocycles. The van der Waals surface area contributed by atoms with Gasteiger partial charge in [-0.25, -0.2) is 4.68 Å². The van der Waals surface area contributed by atoms with Gasteiger partial charge in [0.2, 0.25) is 17.6 Å². The van der Waals surface area contributed by atoms with Crippen LogP contribution in [-0.2, 0) is 16.0 Å². The van der Waals surface area contributed by atoms with Gasteiger partial charge in [-0.1, -0.05) is 12.1 Å². The first kappa shape index (κ1) is 23.2. The Kier molecular flexibility index (Phi) is 7.01. The third-order valence-corrected chi connectivity index (χ3v) is 5.88. The van der Waals surface area contributed by atoms with Gasteiger partial charge in [0.1, 0.15) is 0 Å². The van der Waals surface area contributed by atoms with E-state index in [9.17, 15) is 9.59 Å². The van der Waals surface area contributed by atoms with Crippen LogP contribution in [0.1, 0.15) is 12.0 Å². The molecule has 3 aromatic rings. The molecule has 0 bridgehead atoms. The van der Waals surface area contributed by atoms with Gasteiger partial charge in [-0.05, 0) is 30.2 Å². The SMILES string of the molecule is COc1cc(N2CC(C(=O)NCCc3ccc(-n4cccn4)cc3)CC2=O)cc(OC)c1OC. The summed E-state index contributed by atoms with van der Waals surface area (Å²) in [5.41, 5.74) is 2.69. The van der Waals surface area contributed by atoms with Crippen molar-refractivity contribution in [2.75, 3.05) is 39.3 Å². The first-order valence-corrected chi connectivity index (χ1v) is 11.0. The summed E-state index contributed by atoms with van der Waals surface area (Å²) in [6, 6.07) is 13.3. The van der Waals surface area contributed by atoms with Crippen molar-refractivity contribution in [2.24, 2.45) is 5.92 Å². The second-order valence-electron chi connectivity index (χ2n) is 7.95. The molecule has 1 aliphatic heterocycles. The molecule has 0 spiro atoms. The Bertz CT molecular complexity index is 1120. The largest absolute Gasteiger partial charge is 0.493 e. The van der Waals surface area contributed by atoms with E-state index in [-0.39, 0.29) is 18.2 Å². The smallest absolute Gasteiger partial charge is 0.227 e. The highest BCUT2D eigenvalue weighted by atomic mass is 16.5. The van der Waals surface area contributed by atoms with Gasteiger partial charge >= 0.3 is 0 Å². The van der Waals surface area contributed by atoms with Crippen LogP contribution in [0.15, 0.2) is 54.9 Å². The van der Waals surface area contributed by atoms with Gasteiger partial charge in [0.15, 0.2) is 11.5 Å². The molecule has 178 valence electrons. The van der Waals surface area contributed by atoms with Crippen LogP contribution in [-0.4, -0.2) is 56.0 Å². The van der Waals surface area contributed by atoms with Gasteiger partial charge in [-0.15, -0.1) is 0 Å². The third-order valence-electron chi connectivity index (χ3n) is 5.88. The number of anilines is 1. The van der Waals surface area contributed by atoms with Crippen molar-refractivity contribution < 1.29 is 23.8 Å². The maximum Gasteiger partial charge on any atom is 0.227 e. The van der Waals surface area contributed by atoms with E-state index in [0.717, 1.165) is 11.3 Å². The minimum Gasteiger partial charge on any atom is -0.493 e. The molecule has 1 fully saturated rings. The summed E-state index contributed by atoms with van der Waals surface area (Å²) in [6.45, 7) is 0.788. The molecule has 1 saturated heterocycles. The molecule has 9 heteroatoms. The second kappa shape index (κ2) is 10.3. The lowest BCUT2D eigenvalue weighted by Crippen LogP contribution is -2.34. The van der Waals surface area contributed by atoms with Crippen molar-refractivity contribution in [3.05, 3.63) is 60.4 Å². The number of ether oxygens (including phenoxy) is 3. The van der Waals surface area contributed by atoms with Crippen LogP contribution < -0.4 is 24.4 Å². The predicted molar refractivity (Wildman–Crippen MR) is 127 cm³/mol. The monoisotopic (exact) mass is 464 g/mol. The zero-order chi connectivity index (χ0) is 24.1. The summed E-state index contributed by atoms with van der Waals surface area (Å²) >= 11 is 0. The average Bonchev–Trinajstić information content (AvgIpc) is 3.53. The highest BCUT2D eigenvalue weighted by Gasteiger charge is 2.35. The number of benzene rings is 2. The van der Waals surface area contributed by atoms with Crippen molar-refractivity contribution >= 4 is 17.5 Å². The molecular formula is C25H28N4O5. The first-order valence-electron chi connectivity index (χ1n) is 11.0. The summed E-state index contributed by atoms with van der Waals surface area (Å²) in [6.07, 6.45) is 4.48. The molecule has 1 atom stereocenters. The second-order valence-corrected chi connectivity index (χ2v) is 7.95. The Balaban J connectivity index is 1.34. The molecule has 4 rings (SSSR count). The molecule has 1 aromatic heterocycles. The fourth-order valence-electron chi connectivity index (χ4n) is 4.07. The average molecular weight is 465 g/mol. The standard InChI is InChI=1S/C25H28N4O5/c1-32-21-14-20(15-22(33-2)24(21)34-3)28-16-18(13-23(28)30)25(31)26-11-9-17-5-7-19(8-6-17)29-12-4-10-27-29/h4-8,10,12,14-15,18H,9,11,13,16H2,1-3H3,(H,26,31). The highest BCUT2D eigenvalue weighted by molar-refractivity contribution is 6.00. The van der Waals surface area contributed by atoms with E-state index in [1.54, 1.807) is 27.9 Å². The Morgan fingerprint density at radius 3 is 2.35 bits per heavy atom. The third kappa shape index (κ3) is 4.83. The number of nitrogens with one attached hydrogen (secondary N) is 1. The number of amides is 2. The van der Waals surface area contributed by atoms with Gasteiger partial charge in [-0.3, -0.25) is 9.59 Å². The number of hydrogen-bond donors (Lipinski definition) is 1. The molecule has 0 aliphatic carbocycles. The van der Waals surface area contributed by atoms with Gasteiger partial charge < -0.3 is 24.4 Å². The Morgan fingerprint density at radius 2 is 1.76 bits per heavy atom. The Labute approximate surface area is 198 Å². The van der Waals surface area contributed by atoms with Crippen molar-refractivity contribution in [3.63, 3.8) is 0 Å². The minimum absolute atomic E-state index is 0.122. The lowest BCUT2D eigenvalue weighted by atomic mass is 10.1. The van der Waals surface area contributed by atoms with E-state index < -0.39 is 5.92 Å². The van der Waals surface area contributed by atoms with Crippen LogP contribution in [0, 0.1) is 5.92 Å². The maximum atomic E-state index is 12.7. The number of hydrogen-bond acceptors (Lipinski definition) is 6. The van der Waals surface area contributed by atoms with E-state index >= 15 is 0 Å². The van der Waals surface area contributed by atoms with E-state index in [2.05, 4.69) is 10.4 Å². The Hall–Kier alpha value is -4.01. The Morgan fingerprint density at radius 1 is 1.06 bits per heavy atom. The van der Waals surface area contributed by atoms with Crippen molar-refractivity contribution in [1.29, 1.82) is 0 Å². The summed E-state index contributed by atoms with van der Waals surface area (Å²) in [7, 11) is 4.57. The van der Waals surface area contributed by atoms with Crippen LogP contribution in [0.2, 0.25) is 0 Å². The minimum atomic E-state index is -0.422. The fourth-order valence-corrected chi connectivity index (χ4v) is 4.07. The zero-order valence-electron chi connectivity index (χ0n) is 19.5.